The van der Waals surface area contributed by atoms with Crippen LogP contribution in [0.2, 0.25) is 0 Å². The summed E-state index contributed by atoms with van der Waals surface area (Å²) < 4.78 is 8.82. The minimum absolute atomic E-state index is 0.0261. The maximum Gasteiger partial charge on any atom is 0.137 e. The molecule has 0 saturated heterocycles. The summed E-state index contributed by atoms with van der Waals surface area (Å²) in [5, 5.41) is 2.38. The zero-order valence-corrected chi connectivity index (χ0v) is 24.2. The van der Waals surface area contributed by atoms with Crippen molar-refractivity contribution in [2.45, 2.75) is 33.1 Å². The standard InChI is InChI=1S/C36H34N4O/c1-24-18-25(33-23-39-17-9-8-12-35(39)38(33)5)20-28(19-24)41-27-13-14-30-29-10-6-7-11-31(29)40(32(30)22-27)34-21-26(15-16-37-34)36(2,3)4/h6-16,18-23H,17H2,1-5H3. The zero-order valence-electron chi connectivity index (χ0n) is 24.2. The maximum absolute atomic E-state index is 6.57. The van der Waals surface area contributed by atoms with E-state index in [1.807, 2.05) is 6.20 Å². The summed E-state index contributed by atoms with van der Waals surface area (Å²) in [5.41, 5.74) is 6.93. The molecule has 0 fully saturated rings. The molecule has 0 bridgehead atoms. The number of hydrogen-bond donors (Lipinski definition) is 0. The fraction of sp³-hybridized carbons (Fsp3) is 0.194. The first kappa shape index (κ1) is 25.2. The minimum Gasteiger partial charge on any atom is -0.457 e. The van der Waals surface area contributed by atoms with Crippen LogP contribution in [-0.2, 0) is 5.41 Å². The van der Waals surface area contributed by atoms with E-state index in [-0.39, 0.29) is 5.41 Å². The number of aromatic nitrogens is 2. The number of fused-ring (bicyclic) bond motifs is 4. The monoisotopic (exact) mass is 538 g/mol. The number of pyridine rings is 1. The Hall–Kier alpha value is -4.77. The first-order valence-corrected chi connectivity index (χ1v) is 14.2. The molecule has 0 spiro atoms. The van der Waals surface area contributed by atoms with Crippen LogP contribution in [0.4, 0.5) is 0 Å². The van der Waals surface area contributed by atoms with Crippen molar-refractivity contribution in [3.8, 4) is 17.3 Å². The third-order valence-corrected chi connectivity index (χ3v) is 8.03. The highest BCUT2D eigenvalue weighted by atomic mass is 16.5. The SMILES string of the molecule is Cc1cc(Oc2ccc3c4ccccc4n(-c4cc(C(C)(C)C)ccn4)c3c2)cc(C2=CN3CC=CC=C3N2C)c1. The van der Waals surface area contributed by atoms with Crippen LogP contribution in [0.3, 0.4) is 0 Å². The molecule has 2 aromatic heterocycles. The Balaban J connectivity index is 1.30. The molecule has 2 aliphatic rings. The molecule has 41 heavy (non-hydrogen) atoms. The van der Waals surface area contributed by atoms with E-state index in [2.05, 4.69) is 146 Å². The second-order valence-corrected chi connectivity index (χ2v) is 12.0. The third kappa shape index (κ3) is 4.38. The minimum atomic E-state index is 0.0261. The van der Waals surface area contributed by atoms with Gasteiger partial charge in [0.2, 0.25) is 0 Å². The van der Waals surface area contributed by atoms with Crippen LogP contribution in [0.5, 0.6) is 11.5 Å². The number of benzene rings is 3. The average molecular weight is 539 g/mol. The second kappa shape index (κ2) is 9.41. The zero-order chi connectivity index (χ0) is 28.3. The van der Waals surface area contributed by atoms with E-state index >= 15 is 0 Å². The van der Waals surface area contributed by atoms with Gasteiger partial charge in [-0.15, -0.1) is 0 Å². The van der Waals surface area contributed by atoms with Crippen molar-refractivity contribution in [1.29, 1.82) is 0 Å². The van der Waals surface area contributed by atoms with Crippen molar-refractivity contribution in [2.24, 2.45) is 0 Å². The van der Waals surface area contributed by atoms with Crippen LogP contribution in [0.25, 0.3) is 33.3 Å². The van der Waals surface area contributed by atoms with E-state index in [9.17, 15) is 0 Å². The molecule has 7 rings (SSSR count). The van der Waals surface area contributed by atoms with Crippen LogP contribution < -0.4 is 4.74 Å². The summed E-state index contributed by atoms with van der Waals surface area (Å²) in [5.74, 6) is 3.72. The quantitative estimate of drug-likeness (QED) is 0.230. The molecule has 5 aromatic rings. The van der Waals surface area contributed by atoms with E-state index in [1.54, 1.807) is 0 Å². The Kier molecular flexibility index (Phi) is 5.79. The maximum atomic E-state index is 6.57. The highest BCUT2D eigenvalue weighted by Crippen LogP contribution is 2.38. The number of rotatable bonds is 4. The molecule has 204 valence electrons. The molecular formula is C36H34N4O. The predicted molar refractivity (Wildman–Crippen MR) is 168 cm³/mol. The lowest BCUT2D eigenvalue weighted by Crippen LogP contribution is -2.22. The summed E-state index contributed by atoms with van der Waals surface area (Å²) in [6.07, 6.45) is 10.6. The molecule has 0 unspecified atom stereocenters. The summed E-state index contributed by atoms with van der Waals surface area (Å²) in [6.45, 7) is 9.71. The van der Waals surface area contributed by atoms with Gasteiger partial charge in [-0.2, -0.15) is 0 Å². The Bertz CT molecular complexity index is 1920. The molecule has 4 heterocycles. The van der Waals surface area contributed by atoms with E-state index in [4.69, 9.17) is 9.72 Å². The molecule has 0 atom stereocenters. The smallest absolute Gasteiger partial charge is 0.137 e. The molecule has 2 aliphatic heterocycles. The number of nitrogens with zero attached hydrogens (tertiary/aromatic N) is 4. The fourth-order valence-electron chi connectivity index (χ4n) is 5.93. The number of para-hydroxylation sites is 1. The molecule has 0 amide bonds. The summed E-state index contributed by atoms with van der Waals surface area (Å²) in [6, 6.07) is 25.7. The molecule has 0 N–H and O–H groups in total. The van der Waals surface area contributed by atoms with Gasteiger partial charge in [-0.1, -0.05) is 51.1 Å². The van der Waals surface area contributed by atoms with E-state index in [0.29, 0.717) is 0 Å². The first-order valence-electron chi connectivity index (χ1n) is 14.2. The summed E-state index contributed by atoms with van der Waals surface area (Å²) in [7, 11) is 2.12. The molecular weight excluding hydrogens is 504 g/mol. The lowest BCUT2D eigenvalue weighted by molar-refractivity contribution is 0.422. The van der Waals surface area contributed by atoms with E-state index < -0.39 is 0 Å². The lowest BCUT2D eigenvalue weighted by Gasteiger charge is -2.24. The topological polar surface area (TPSA) is 33.5 Å². The van der Waals surface area contributed by atoms with Crippen LogP contribution in [-0.4, -0.2) is 32.9 Å². The molecule has 5 nitrogen and oxygen atoms in total. The molecule has 0 aliphatic carbocycles. The predicted octanol–water partition coefficient (Wildman–Crippen LogP) is 8.53. The first-order chi connectivity index (χ1) is 19.8. The van der Waals surface area contributed by atoms with Crippen LogP contribution >= 0.6 is 0 Å². The molecule has 0 radical (unpaired) electrons. The van der Waals surface area contributed by atoms with Crippen molar-refractivity contribution in [1.82, 2.24) is 19.4 Å². The van der Waals surface area contributed by atoms with Crippen molar-refractivity contribution in [2.75, 3.05) is 13.6 Å². The van der Waals surface area contributed by atoms with Gasteiger partial charge in [-0.05, 0) is 78.1 Å². The summed E-state index contributed by atoms with van der Waals surface area (Å²) in [4.78, 5) is 9.33. The van der Waals surface area contributed by atoms with Gasteiger partial charge in [0.1, 0.15) is 23.1 Å². The van der Waals surface area contributed by atoms with Gasteiger partial charge in [0.05, 0.1) is 16.7 Å². The van der Waals surface area contributed by atoms with Gasteiger partial charge in [0.15, 0.2) is 0 Å². The lowest BCUT2D eigenvalue weighted by atomic mass is 9.88. The van der Waals surface area contributed by atoms with Gasteiger partial charge in [0.25, 0.3) is 0 Å². The van der Waals surface area contributed by atoms with E-state index in [0.717, 1.165) is 51.7 Å². The third-order valence-electron chi connectivity index (χ3n) is 8.03. The second-order valence-electron chi connectivity index (χ2n) is 12.0. The van der Waals surface area contributed by atoms with Gasteiger partial charge < -0.3 is 14.5 Å². The highest BCUT2D eigenvalue weighted by molar-refractivity contribution is 6.09. The Morgan fingerprint density at radius 1 is 0.854 bits per heavy atom. The van der Waals surface area contributed by atoms with Gasteiger partial charge in [0, 0.05) is 48.4 Å². The van der Waals surface area contributed by atoms with E-state index in [1.165, 1.54) is 22.2 Å². The Morgan fingerprint density at radius 2 is 1.68 bits per heavy atom. The number of hydrogen-bond acceptors (Lipinski definition) is 4. The van der Waals surface area contributed by atoms with Crippen LogP contribution in [0, 0.1) is 6.92 Å². The van der Waals surface area contributed by atoms with Crippen molar-refractivity contribution >= 4 is 27.5 Å². The summed E-state index contributed by atoms with van der Waals surface area (Å²) >= 11 is 0. The van der Waals surface area contributed by atoms with Crippen molar-refractivity contribution in [3.63, 3.8) is 0 Å². The average Bonchev–Trinajstić information content (AvgIpc) is 3.47. The van der Waals surface area contributed by atoms with Gasteiger partial charge in [-0.3, -0.25) is 4.57 Å². The Morgan fingerprint density at radius 3 is 2.51 bits per heavy atom. The number of aryl methyl sites for hydroxylation is 1. The van der Waals surface area contributed by atoms with Crippen molar-refractivity contribution < 1.29 is 4.74 Å². The fourth-order valence-corrected chi connectivity index (χ4v) is 5.93. The van der Waals surface area contributed by atoms with Gasteiger partial charge >= 0.3 is 0 Å². The largest absolute Gasteiger partial charge is 0.457 e. The van der Waals surface area contributed by atoms with Crippen LogP contribution in [0.15, 0.2) is 109 Å². The van der Waals surface area contributed by atoms with Crippen LogP contribution in [0.1, 0.15) is 37.5 Å². The normalized spacial score (nSPS) is 15.0. The molecule has 0 saturated carbocycles. The molecule has 3 aromatic carbocycles. The Labute approximate surface area is 241 Å². The highest BCUT2D eigenvalue weighted by Gasteiger charge is 2.25. The van der Waals surface area contributed by atoms with Crippen molar-refractivity contribution in [3.05, 3.63) is 126 Å². The number of allylic oxidation sites excluding steroid dienone is 2. The number of ether oxygens (including phenoxy) is 1. The van der Waals surface area contributed by atoms with Gasteiger partial charge in [-0.25, -0.2) is 4.98 Å². The molecule has 5 heteroatoms.